The van der Waals surface area contributed by atoms with Gasteiger partial charge >= 0.3 is 0 Å². The molecule has 0 aromatic rings. The van der Waals surface area contributed by atoms with Crippen LogP contribution in [-0.2, 0) is 9.47 Å². The van der Waals surface area contributed by atoms with Crippen molar-refractivity contribution in [2.24, 2.45) is 5.73 Å². The van der Waals surface area contributed by atoms with Crippen LogP contribution in [0.3, 0.4) is 0 Å². The molecule has 0 fully saturated rings. The van der Waals surface area contributed by atoms with Crippen molar-refractivity contribution < 1.29 is 9.47 Å². The second-order valence-electron chi connectivity index (χ2n) is 1.49. The van der Waals surface area contributed by atoms with Gasteiger partial charge in [0.25, 0.3) is 0 Å². The molecular weight excluding hydrogens is 186 g/mol. The topological polar surface area (TPSA) is 44.5 Å². The summed E-state index contributed by atoms with van der Waals surface area (Å²) in [6.07, 6.45) is 0. The van der Waals surface area contributed by atoms with Crippen LogP contribution in [0.1, 0.15) is 6.92 Å². The fourth-order valence-electron chi connectivity index (χ4n) is 0.353. The molecule has 4 heteroatoms. The Morgan fingerprint density at radius 3 is 2.67 bits per heavy atom. The predicted octanol–water partition coefficient (Wildman–Crippen LogP) is 0.677. The molecule has 0 spiro atoms. The van der Waals surface area contributed by atoms with Crippen LogP contribution in [0.5, 0.6) is 0 Å². The number of halogens is 1. The minimum Gasteiger partial charge on any atom is -0.365 e. The zero-order chi connectivity index (χ0) is 7.11. The lowest BCUT2D eigenvalue weighted by Gasteiger charge is -2.04. The minimum atomic E-state index is 0.0962. The quantitative estimate of drug-likeness (QED) is 0.401. The van der Waals surface area contributed by atoms with Crippen molar-refractivity contribution in [1.82, 2.24) is 0 Å². The summed E-state index contributed by atoms with van der Waals surface area (Å²) in [5, 5.41) is 0.0962. The molecule has 3 nitrogen and oxygen atoms in total. The highest BCUT2D eigenvalue weighted by molar-refractivity contribution is 9.09. The number of hydrogen-bond donors (Lipinski definition) is 1. The highest BCUT2D eigenvalue weighted by Gasteiger charge is 1.92. The third kappa shape index (κ3) is 8.36. The summed E-state index contributed by atoms with van der Waals surface area (Å²) in [5.74, 6) is 0. The van der Waals surface area contributed by atoms with Crippen molar-refractivity contribution in [2.75, 3.05) is 19.9 Å². The molecule has 9 heavy (non-hydrogen) atoms. The second-order valence-corrected chi connectivity index (χ2v) is 2.78. The van der Waals surface area contributed by atoms with E-state index in [2.05, 4.69) is 15.9 Å². The van der Waals surface area contributed by atoms with Gasteiger partial charge in [0.05, 0.1) is 19.9 Å². The van der Waals surface area contributed by atoms with Crippen LogP contribution in [0.4, 0.5) is 0 Å². The lowest BCUT2D eigenvalue weighted by Crippen LogP contribution is -2.11. The number of alkyl halides is 1. The Hall–Kier alpha value is 0.360. The van der Waals surface area contributed by atoms with Crippen molar-refractivity contribution in [2.45, 2.75) is 11.9 Å². The Balaban J connectivity index is 2.75. The van der Waals surface area contributed by atoms with E-state index < -0.39 is 0 Å². The van der Waals surface area contributed by atoms with Gasteiger partial charge in [-0.2, -0.15) is 0 Å². The Kier molecular flexibility index (Phi) is 6.74. The van der Waals surface area contributed by atoms with E-state index in [-0.39, 0.29) is 11.7 Å². The summed E-state index contributed by atoms with van der Waals surface area (Å²) in [5.41, 5.74) is 5.06. The van der Waals surface area contributed by atoms with Gasteiger partial charge in [0.15, 0.2) is 0 Å². The Morgan fingerprint density at radius 2 is 2.22 bits per heavy atom. The number of hydrogen-bond acceptors (Lipinski definition) is 3. The summed E-state index contributed by atoms with van der Waals surface area (Å²) in [6.45, 7) is 3.32. The van der Waals surface area contributed by atoms with Gasteiger partial charge in [0.1, 0.15) is 5.01 Å². The van der Waals surface area contributed by atoms with E-state index in [1.54, 1.807) is 0 Å². The lowest BCUT2D eigenvalue weighted by molar-refractivity contribution is 0.0469. The van der Waals surface area contributed by atoms with Crippen molar-refractivity contribution in [3.8, 4) is 0 Å². The van der Waals surface area contributed by atoms with E-state index >= 15 is 0 Å². The molecule has 0 saturated carbocycles. The van der Waals surface area contributed by atoms with E-state index in [0.29, 0.717) is 13.2 Å². The van der Waals surface area contributed by atoms with Gasteiger partial charge in [-0.15, -0.1) is 0 Å². The molecular formula is C5H12BrNO2. The van der Waals surface area contributed by atoms with Gasteiger partial charge in [-0.05, 0) is 6.92 Å². The van der Waals surface area contributed by atoms with Crippen molar-refractivity contribution in [3.05, 3.63) is 0 Å². The molecule has 0 aromatic carbocycles. The zero-order valence-electron chi connectivity index (χ0n) is 5.47. The highest BCUT2D eigenvalue weighted by atomic mass is 79.9. The number of nitrogens with two attached hydrogens (primary N) is 1. The van der Waals surface area contributed by atoms with Crippen LogP contribution in [0, 0.1) is 0 Å². The third-order valence-electron chi connectivity index (χ3n) is 0.693. The molecule has 0 aliphatic heterocycles. The largest absolute Gasteiger partial charge is 0.365 e. The maximum atomic E-state index is 5.08. The van der Waals surface area contributed by atoms with Crippen LogP contribution in [0.2, 0.25) is 0 Å². The standard InChI is InChI=1S/C5H12BrNO2/c1-5(6)9-3-2-8-4-7/h5H,2-4,7H2,1H3. The van der Waals surface area contributed by atoms with Crippen molar-refractivity contribution in [1.29, 1.82) is 0 Å². The minimum absolute atomic E-state index is 0.0962. The molecule has 0 aliphatic rings. The van der Waals surface area contributed by atoms with E-state index in [4.69, 9.17) is 15.2 Å². The summed E-state index contributed by atoms with van der Waals surface area (Å²) in [7, 11) is 0. The molecule has 0 aliphatic carbocycles. The first-order chi connectivity index (χ1) is 4.27. The summed E-state index contributed by atoms with van der Waals surface area (Å²) >= 11 is 3.22. The van der Waals surface area contributed by atoms with Crippen LogP contribution in [0.25, 0.3) is 0 Å². The van der Waals surface area contributed by atoms with Crippen LogP contribution in [-0.4, -0.2) is 25.0 Å². The van der Waals surface area contributed by atoms with Gasteiger partial charge in [-0.25, -0.2) is 0 Å². The molecule has 56 valence electrons. The molecule has 0 heterocycles. The average Bonchev–Trinajstić information content (AvgIpc) is 1.80. The number of ether oxygens (including phenoxy) is 2. The van der Waals surface area contributed by atoms with Crippen molar-refractivity contribution in [3.63, 3.8) is 0 Å². The van der Waals surface area contributed by atoms with E-state index in [1.165, 1.54) is 0 Å². The molecule has 0 radical (unpaired) electrons. The van der Waals surface area contributed by atoms with Crippen molar-refractivity contribution >= 4 is 15.9 Å². The maximum Gasteiger partial charge on any atom is 0.109 e. The lowest BCUT2D eigenvalue weighted by atomic mass is 10.7. The smallest absolute Gasteiger partial charge is 0.109 e. The van der Waals surface area contributed by atoms with E-state index in [0.717, 1.165) is 0 Å². The molecule has 0 aromatic heterocycles. The molecule has 0 bridgehead atoms. The molecule has 0 rings (SSSR count). The molecule has 1 unspecified atom stereocenters. The van der Waals surface area contributed by atoms with Crippen LogP contribution < -0.4 is 5.73 Å². The van der Waals surface area contributed by atoms with E-state index in [1.807, 2.05) is 6.92 Å². The number of rotatable bonds is 5. The summed E-state index contributed by atoms with van der Waals surface area (Å²) in [6, 6.07) is 0. The second kappa shape index (κ2) is 6.48. The van der Waals surface area contributed by atoms with Crippen LogP contribution in [0.15, 0.2) is 0 Å². The van der Waals surface area contributed by atoms with E-state index in [9.17, 15) is 0 Å². The molecule has 0 saturated heterocycles. The normalized spacial score (nSPS) is 13.7. The molecule has 2 N–H and O–H groups in total. The van der Waals surface area contributed by atoms with Gasteiger partial charge in [0.2, 0.25) is 0 Å². The van der Waals surface area contributed by atoms with Gasteiger partial charge in [0, 0.05) is 0 Å². The predicted molar refractivity (Wildman–Crippen MR) is 39.3 cm³/mol. The summed E-state index contributed by atoms with van der Waals surface area (Å²) in [4.78, 5) is 0. The van der Waals surface area contributed by atoms with Crippen LogP contribution >= 0.6 is 15.9 Å². The first-order valence-electron chi connectivity index (χ1n) is 2.81. The first kappa shape index (κ1) is 9.36. The van der Waals surface area contributed by atoms with Gasteiger partial charge in [-0.3, -0.25) is 0 Å². The fraction of sp³-hybridized carbons (Fsp3) is 1.00. The Bertz CT molecular complexity index is 60.9. The Labute approximate surface area is 63.6 Å². The van der Waals surface area contributed by atoms with Gasteiger partial charge in [-0.1, -0.05) is 15.9 Å². The first-order valence-corrected chi connectivity index (χ1v) is 3.72. The molecule has 0 amide bonds. The monoisotopic (exact) mass is 197 g/mol. The zero-order valence-corrected chi connectivity index (χ0v) is 7.06. The molecule has 1 atom stereocenters. The maximum absolute atomic E-state index is 5.08. The third-order valence-corrected chi connectivity index (χ3v) is 0.957. The van der Waals surface area contributed by atoms with Gasteiger partial charge < -0.3 is 15.2 Å². The average molecular weight is 198 g/mol. The summed E-state index contributed by atoms with van der Waals surface area (Å²) < 4.78 is 9.90. The Morgan fingerprint density at radius 1 is 1.56 bits per heavy atom. The fourth-order valence-corrected chi connectivity index (χ4v) is 0.540. The SMILES string of the molecule is CC(Br)OCCOCN. The highest BCUT2D eigenvalue weighted by Crippen LogP contribution is 1.97.